The lowest BCUT2D eigenvalue weighted by atomic mass is 10.3. The Balaban J connectivity index is 2.64. The molecule has 104 valence electrons. The van der Waals surface area contributed by atoms with E-state index in [9.17, 15) is 9.59 Å². The first-order valence-corrected chi connectivity index (χ1v) is 7.37. The number of amides is 1. The highest BCUT2D eigenvalue weighted by Gasteiger charge is 2.17. The molecule has 0 fully saturated rings. The summed E-state index contributed by atoms with van der Waals surface area (Å²) < 4.78 is 0.718. The van der Waals surface area contributed by atoms with Crippen molar-refractivity contribution in [1.82, 2.24) is 10.3 Å². The van der Waals surface area contributed by atoms with E-state index in [-0.39, 0.29) is 17.6 Å². The average molecular weight is 300 g/mol. The van der Waals surface area contributed by atoms with E-state index in [0.717, 1.165) is 9.22 Å². The Morgan fingerprint density at radius 2 is 2.32 bits per heavy atom. The summed E-state index contributed by atoms with van der Waals surface area (Å²) in [5.74, 6) is -0.961. The molecule has 7 heteroatoms. The van der Waals surface area contributed by atoms with E-state index in [0.29, 0.717) is 12.2 Å². The predicted octanol–water partition coefficient (Wildman–Crippen LogP) is 1.86. The Morgan fingerprint density at radius 1 is 1.63 bits per heavy atom. The quantitative estimate of drug-likeness (QED) is 0.593. The summed E-state index contributed by atoms with van der Waals surface area (Å²) in [7, 11) is 0. The molecule has 5 nitrogen and oxygen atoms in total. The molecule has 1 aromatic rings. The van der Waals surface area contributed by atoms with E-state index in [1.54, 1.807) is 19.9 Å². The van der Waals surface area contributed by atoms with Crippen LogP contribution >= 0.6 is 23.1 Å². The van der Waals surface area contributed by atoms with E-state index in [1.165, 1.54) is 23.1 Å². The van der Waals surface area contributed by atoms with Crippen LogP contribution in [0.15, 0.2) is 17.0 Å². The van der Waals surface area contributed by atoms with Crippen LogP contribution in [-0.4, -0.2) is 33.8 Å². The summed E-state index contributed by atoms with van der Waals surface area (Å²) in [6.45, 7) is 7.53. The third-order valence-corrected chi connectivity index (χ3v) is 4.60. The van der Waals surface area contributed by atoms with Crippen molar-refractivity contribution in [2.45, 2.75) is 29.9 Å². The summed E-state index contributed by atoms with van der Waals surface area (Å²) in [5, 5.41) is 11.2. The zero-order chi connectivity index (χ0) is 14.4. The number of carboxylic acid groups (broad SMARTS) is 1. The van der Waals surface area contributed by atoms with Crippen LogP contribution < -0.4 is 5.32 Å². The molecule has 1 heterocycles. The van der Waals surface area contributed by atoms with Crippen LogP contribution in [0.3, 0.4) is 0 Å². The molecule has 0 aliphatic carbocycles. The Bertz CT molecular complexity index is 485. The second kappa shape index (κ2) is 7.30. The zero-order valence-corrected chi connectivity index (χ0v) is 12.4. The van der Waals surface area contributed by atoms with Gasteiger partial charge in [-0.05, 0) is 13.8 Å². The van der Waals surface area contributed by atoms with Gasteiger partial charge in [-0.15, -0.1) is 17.9 Å². The van der Waals surface area contributed by atoms with Gasteiger partial charge in [0.15, 0.2) is 4.34 Å². The number of hydrogen-bond donors (Lipinski definition) is 2. The van der Waals surface area contributed by atoms with Crippen LogP contribution in [0.1, 0.15) is 17.5 Å². The zero-order valence-electron chi connectivity index (χ0n) is 10.8. The number of carboxylic acids is 1. The summed E-state index contributed by atoms with van der Waals surface area (Å²) >= 11 is 2.66. The minimum absolute atomic E-state index is 0.0267. The SMILES string of the molecule is C=CCNC(=O)C(C)Sc1nc(C)c(CC(=O)O)s1. The molecule has 0 radical (unpaired) electrons. The van der Waals surface area contributed by atoms with Gasteiger partial charge in [0.1, 0.15) is 0 Å². The topological polar surface area (TPSA) is 79.3 Å². The molecule has 0 bridgehead atoms. The molecule has 19 heavy (non-hydrogen) atoms. The van der Waals surface area contributed by atoms with E-state index >= 15 is 0 Å². The van der Waals surface area contributed by atoms with Crippen LogP contribution in [0.4, 0.5) is 0 Å². The van der Waals surface area contributed by atoms with Crippen molar-refractivity contribution in [2.75, 3.05) is 6.54 Å². The summed E-state index contributed by atoms with van der Waals surface area (Å²) in [5.41, 5.74) is 0.716. The highest BCUT2D eigenvalue weighted by molar-refractivity contribution is 8.02. The lowest BCUT2D eigenvalue weighted by Gasteiger charge is -2.08. The summed E-state index contributed by atoms with van der Waals surface area (Å²) in [4.78, 5) is 27.4. The number of aromatic nitrogens is 1. The highest BCUT2D eigenvalue weighted by Crippen LogP contribution is 2.30. The average Bonchev–Trinajstić information content (AvgIpc) is 2.65. The minimum atomic E-state index is -0.875. The molecule has 1 unspecified atom stereocenters. The van der Waals surface area contributed by atoms with Gasteiger partial charge < -0.3 is 10.4 Å². The number of thiazole rings is 1. The van der Waals surface area contributed by atoms with Crippen LogP contribution in [0.5, 0.6) is 0 Å². The Labute approximate surface area is 120 Å². The van der Waals surface area contributed by atoms with Gasteiger partial charge in [0.25, 0.3) is 0 Å². The molecule has 1 amide bonds. The van der Waals surface area contributed by atoms with Crippen LogP contribution in [0.2, 0.25) is 0 Å². The van der Waals surface area contributed by atoms with Gasteiger partial charge in [-0.3, -0.25) is 9.59 Å². The maximum atomic E-state index is 11.7. The molecule has 2 N–H and O–H groups in total. The fourth-order valence-electron chi connectivity index (χ4n) is 1.27. The first-order chi connectivity index (χ1) is 8.93. The summed E-state index contributed by atoms with van der Waals surface area (Å²) in [6.07, 6.45) is 1.59. The Morgan fingerprint density at radius 3 is 2.89 bits per heavy atom. The van der Waals surface area contributed by atoms with Crippen molar-refractivity contribution >= 4 is 35.0 Å². The van der Waals surface area contributed by atoms with Gasteiger partial charge in [0, 0.05) is 11.4 Å². The standard InChI is InChI=1S/C12H16N2O3S2/c1-4-5-13-11(17)8(3)18-12-14-7(2)9(19-12)6-10(15)16/h4,8H,1,5-6H2,2-3H3,(H,13,17)(H,15,16). The monoisotopic (exact) mass is 300 g/mol. The summed E-state index contributed by atoms with van der Waals surface area (Å²) in [6, 6.07) is 0. The number of nitrogens with one attached hydrogen (secondary N) is 1. The molecule has 0 saturated heterocycles. The fraction of sp³-hybridized carbons (Fsp3) is 0.417. The van der Waals surface area contributed by atoms with Gasteiger partial charge in [-0.1, -0.05) is 17.8 Å². The van der Waals surface area contributed by atoms with Gasteiger partial charge in [-0.2, -0.15) is 0 Å². The second-order valence-electron chi connectivity index (χ2n) is 3.85. The number of rotatable bonds is 7. The largest absolute Gasteiger partial charge is 0.481 e. The molecule has 0 spiro atoms. The van der Waals surface area contributed by atoms with Gasteiger partial charge in [-0.25, -0.2) is 4.98 Å². The predicted molar refractivity (Wildman–Crippen MR) is 76.7 cm³/mol. The number of carbonyl (C=O) groups is 2. The molecule has 0 aromatic carbocycles. The molecule has 0 aliphatic heterocycles. The highest BCUT2D eigenvalue weighted by atomic mass is 32.2. The van der Waals surface area contributed by atoms with Crippen molar-refractivity contribution in [1.29, 1.82) is 0 Å². The van der Waals surface area contributed by atoms with Crippen molar-refractivity contribution < 1.29 is 14.7 Å². The number of carbonyl (C=O) groups excluding carboxylic acids is 1. The molecular formula is C12H16N2O3S2. The van der Waals surface area contributed by atoms with Crippen molar-refractivity contribution in [3.63, 3.8) is 0 Å². The first-order valence-electron chi connectivity index (χ1n) is 5.67. The van der Waals surface area contributed by atoms with Crippen molar-refractivity contribution in [3.8, 4) is 0 Å². The maximum absolute atomic E-state index is 11.7. The van der Waals surface area contributed by atoms with E-state index in [2.05, 4.69) is 16.9 Å². The normalized spacial score (nSPS) is 11.9. The number of nitrogens with zero attached hydrogens (tertiary/aromatic N) is 1. The minimum Gasteiger partial charge on any atom is -0.481 e. The first kappa shape index (κ1) is 15.7. The van der Waals surface area contributed by atoms with Gasteiger partial charge in [0.2, 0.25) is 5.91 Å². The van der Waals surface area contributed by atoms with Crippen LogP contribution in [-0.2, 0) is 16.0 Å². The number of thioether (sulfide) groups is 1. The Hall–Kier alpha value is -1.34. The molecule has 0 aliphatic rings. The molecule has 1 rings (SSSR count). The number of aliphatic carboxylic acids is 1. The maximum Gasteiger partial charge on any atom is 0.308 e. The van der Waals surface area contributed by atoms with Gasteiger partial charge >= 0.3 is 5.97 Å². The fourth-order valence-corrected chi connectivity index (χ4v) is 3.67. The third kappa shape index (κ3) is 5.04. The molecule has 0 saturated carbocycles. The van der Waals surface area contributed by atoms with Crippen LogP contribution in [0, 0.1) is 6.92 Å². The third-order valence-electron chi connectivity index (χ3n) is 2.25. The molecule has 1 atom stereocenters. The van der Waals surface area contributed by atoms with Crippen molar-refractivity contribution in [2.24, 2.45) is 0 Å². The molecular weight excluding hydrogens is 284 g/mol. The van der Waals surface area contributed by atoms with Crippen molar-refractivity contribution in [3.05, 3.63) is 23.2 Å². The lowest BCUT2D eigenvalue weighted by molar-refractivity contribution is -0.136. The van der Waals surface area contributed by atoms with Crippen LogP contribution in [0.25, 0.3) is 0 Å². The van der Waals surface area contributed by atoms with Gasteiger partial charge in [0.05, 0.1) is 17.4 Å². The second-order valence-corrected chi connectivity index (χ2v) is 6.52. The number of aryl methyl sites for hydroxylation is 1. The van der Waals surface area contributed by atoms with E-state index in [1.807, 2.05) is 0 Å². The van der Waals surface area contributed by atoms with E-state index < -0.39 is 5.97 Å². The van der Waals surface area contributed by atoms with E-state index in [4.69, 9.17) is 5.11 Å². The molecule has 1 aromatic heterocycles. The lowest BCUT2D eigenvalue weighted by Crippen LogP contribution is -2.30. The smallest absolute Gasteiger partial charge is 0.308 e. The number of hydrogen-bond acceptors (Lipinski definition) is 5. The Kier molecular flexibility index (Phi) is 6.04.